The lowest BCUT2D eigenvalue weighted by Crippen LogP contribution is -2.44. The number of hydroxylamine groups is 2. The van der Waals surface area contributed by atoms with Crippen LogP contribution < -0.4 is 9.68 Å². The predicted octanol–water partition coefficient (Wildman–Crippen LogP) is -2.37. The highest BCUT2D eigenvalue weighted by molar-refractivity contribution is 6.01. The fourth-order valence-corrected chi connectivity index (χ4v) is 2.76. The Hall–Kier alpha value is -4.73. The highest BCUT2D eigenvalue weighted by atomic mass is 16.7. The molecule has 0 aromatic carbocycles. The Kier molecular flexibility index (Phi) is 6.91. The van der Waals surface area contributed by atoms with E-state index in [4.69, 9.17) is 14.5 Å². The third-order valence-electron chi connectivity index (χ3n) is 4.24. The lowest BCUT2D eigenvalue weighted by Gasteiger charge is -2.20. The molecule has 34 heavy (non-hydrogen) atoms. The second-order valence-corrected chi connectivity index (χ2v) is 6.81. The molecule has 0 spiro atoms. The molecular weight excluding hydrogens is 464 g/mol. The Balaban J connectivity index is 1.68. The Bertz CT molecular complexity index is 1020. The SMILES string of the molecule is O=C(CN(CC(=O)On1c(O)ccc1O)CC(=O)On1c(O)ccc1O)ON1C(=O)CCC1=O. The molecule has 1 aliphatic rings. The van der Waals surface area contributed by atoms with Gasteiger partial charge in [0.05, 0.1) is 0 Å². The van der Waals surface area contributed by atoms with Crippen LogP contribution in [0.5, 0.6) is 23.5 Å². The molecule has 1 saturated heterocycles. The van der Waals surface area contributed by atoms with E-state index < -0.39 is 72.9 Å². The van der Waals surface area contributed by atoms with Crippen molar-refractivity contribution < 1.29 is 58.9 Å². The largest absolute Gasteiger partial charge is 0.492 e. The van der Waals surface area contributed by atoms with Crippen molar-refractivity contribution in [3.8, 4) is 23.5 Å². The van der Waals surface area contributed by atoms with Crippen LogP contribution in [0.4, 0.5) is 0 Å². The van der Waals surface area contributed by atoms with Crippen molar-refractivity contribution in [2.45, 2.75) is 12.8 Å². The highest BCUT2D eigenvalue weighted by Gasteiger charge is 2.33. The molecule has 182 valence electrons. The van der Waals surface area contributed by atoms with Gasteiger partial charge in [-0.1, -0.05) is 0 Å². The van der Waals surface area contributed by atoms with Crippen molar-refractivity contribution in [2.24, 2.45) is 0 Å². The number of carbonyl (C=O) groups is 5. The summed E-state index contributed by atoms with van der Waals surface area (Å²) in [5.74, 6) is -7.52. The number of nitrogens with zero attached hydrogens (tertiary/aromatic N) is 4. The number of rotatable bonds is 9. The number of aromatic nitrogens is 2. The first-order chi connectivity index (χ1) is 16.0. The van der Waals surface area contributed by atoms with Crippen molar-refractivity contribution in [2.75, 3.05) is 19.6 Å². The Morgan fingerprint density at radius 2 is 1.00 bits per heavy atom. The monoisotopic (exact) mass is 482 g/mol. The fourth-order valence-electron chi connectivity index (χ4n) is 2.76. The number of hydrogen-bond acceptors (Lipinski definition) is 13. The molecule has 0 unspecified atom stereocenters. The van der Waals surface area contributed by atoms with Crippen molar-refractivity contribution in [3.63, 3.8) is 0 Å². The summed E-state index contributed by atoms with van der Waals surface area (Å²) in [7, 11) is 0. The summed E-state index contributed by atoms with van der Waals surface area (Å²) in [4.78, 5) is 75.0. The predicted molar refractivity (Wildman–Crippen MR) is 102 cm³/mol. The molecule has 0 bridgehead atoms. The second kappa shape index (κ2) is 9.82. The zero-order chi connectivity index (χ0) is 25.0. The summed E-state index contributed by atoms with van der Waals surface area (Å²) in [6, 6.07) is 4.09. The van der Waals surface area contributed by atoms with Gasteiger partial charge in [-0.05, 0) is 0 Å². The first-order valence-corrected chi connectivity index (χ1v) is 9.45. The van der Waals surface area contributed by atoms with Gasteiger partial charge in [0.1, 0.15) is 19.6 Å². The van der Waals surface area contributed by atoms with Gasteiger partial charge in [-0.15, -0.1) is 14.5 Å². The van der Waals surface area contributed by atoms with E-state index in [2.05, 4.69) is 0 Å². The summed E-state index contributed by atoms with van der Waals surface area (Å²) in [5, 5.41) is 38.5. The van der Waals surface area contributed by atoms with Crippen LogP contribution in [-0.4, -0.2) is 89.2 Å². The quantitative estimate of drug-likeness (QED) is 0.276. The average molecular weight is 482 g/mol. The Labute approximate surface area is 189 Å². The van der Waals surface area contributed by atoms with Crippen molar-refractivity contribution in [1.82, 2.24) is 19.4 Å². The summed E-state index contributed by atoms with van der Waals surface area (Å²) < 4.78 is 0.739. The van der Waals surface area contributed by atoms with Gasteiger partial charge in [-0.2, -0.15) is 0 Å². The van der Waals surface area contributed by atoms with Crippen LogP contribution in [-0.2, 0) is 28.8 Å². The molecule has 16 nitrogen and oxygen atoms in total. The van der Waals surface area contributed by atoms with E-state index in [1.807, 2.05) is 0 Å². The molecule has 0 atom stereocenters. The minimum atomic E-state index is -1.19. The number of imide groups is 1. The molecule has 3 heterocycles. The topological polar surface area (TPSA) is 210 Å². The zero-order valence-electron chi connectivity index (χ0n) is 17.2. The molecule has 2 amide bonds. The Morgan fingerprint density at radius 1 is 0.676 bits per heavy atom. The fraction of sp³-hybridized carbons (Fsp3) is 0.278. The lowest BCUT2D eigenvalue weighted by molar-refractivity contribution is -0.198. The maximum atomic E-state index is 12.2. The van der Waals surface area contributed by atoms with Crippen LogP contribution in [0.15, 0.2) is 24.3 Å². The molecule has 4 N–H and O–H groups in total. The van der Waals surface area contributed by atoms with Gasteiger partial charge in [-0.3, -0.25) is 14.5 Å². The van der Waals surface area contributed by atoms with Gasteiger partial charge in [0.15, 0.2) is 0 Å². The summed E-state index contributed by atoms with van der Waals surface area (Å²) >= 11 is 0. The maximum absolute atomic E-state index is 12.2. The molecule has 2 aromatic rings. The molecule has 3 rings (SSSR count). The third kappa shape index (κ3) is 5.54. The molecule has 0 aliphatic carbocycles. The van der Waals surface area contributed by atoms with Crippen LogP contribution in [0, 0.1) is 0 Å². The smallest absolute Gasteiger partial charge is 0.347 e. The van der Waals surface area contributed by atoms with E-state index in [0.29, 0.717) is 9.46 Å². The van der Waals surface area contributed by atoms with E-state index in [1.54, 1.807) is 0 Å². The van der Waals surface area contributed by atoms with E-state index in [1.165, 1.54) is 0 Å². The molecule has 0 radical (unpaired) electrons. The average Bonchev–Trinajstić information content (AvgIpc) is 3.36. The van der Waals surface area contributed by atoms with Gasteiger partial charge in [-0.25, -0.2) is 14.4 Å². The van der Waals surface area contributed by atoms with Crippen LogP contribution in [0.1, 0.15) is 12.8 Å². The van der Waals surface area contributed by atoms with Gasteiger partial charge in [0.25, 0.3) is 11.8 Å². The van der Waals surface area contributed by atoms with Crippen LogP contribution >= 0.6 is 0 Å². The lowest BCUT2D eigenvalue weighted by atomic mass is 10.4. The van der Waals surface area contributed by atoms with Gasteiger partial charge in [0, 0.05) is 37.1 Å². The minimum Gasteiger partial charge on any atom is -0.492 e. The van der Waals surface area contributed by atoms with Crippen LogP contribution in [0.2, 0.25) is 0 Å². The van der Waals surface area contributed by atoms with Gasteiger partial charge < -0.3 is 34.9 Å². The van der Waals surface area contributed by atoms with Gasteiger partial charge in [0.2, 0.25) is 23.5 Å². The van der Waals surface area contributed by atoms with E-state index >= 15 is 0 Å². The number of hydrogen-bond donors (Lipinski definition) is 4. The van der Waals surface area contributed by atoms with Crippen LogP contribution in [0.3, 0.4) is 0 Å². The molecule has 2 aromatic heterocycles. The number of aromatic hydroxyl groups is 4. The highest BCUT2D eigenvalue weighted by Crippen LogP contribution is 2.20. The van der Waals surface area contributed by atoms with E-state index in [-0.39, 0.29) is 17.9 Å². The normalized spacial score (nSPS) is 13.4. The maximum Gasteiger partial charge on any atom is 0.347 e. The van der Waals surface area contributed by atoms with Crippen LogP contribution in [0.25, 0.3) is 0 Å². The number of amides is 2. The van der Waals surface area contributed by atoms with Crippen molar-refractivity contribution in [3.05, 3.63) is 24.3 Å². The molecule has 16 heteroatoms. The molecule has 0 saturated carbocycles. The minimum absolute atomic E-state index is 0.151. The summed E-state index contributed by atoms with van der Waals surface area (Å²) in [5.41, 5.74) is 0. The molecular formula is C18H18N4O12. The molecule has 1 aliphatic heterocycles. The van der Waals surface area contributed by atoms with E-state index in [0.717, 1.165) is 29.2 Å². The van der Waals surface area contributed by atoms with Crippen molar-refractivity contribution >= 4 is 29.7 Å². The number of carbonyl (C=O) groups excluding carboxylic acids is 5. The van der Waals surface area contributed by atoms with Crippen molar-refractivity contribution in [1.29, 1.82) is 0 Å². The first-order valence-electron chi connectivity index (χ1n) is 9.45. The standard InChI is InChI=1S/C18H18N4O12/c23-10-1-2-11(24)20(10)32-16(29)7-19(8-17(30)33-21-12(25)3-4-13(21)26)9-18(31)34-22-14(27)5-6-15(22)28/h1-4,23-26H,5-9H2. The third-order valence-corrected chi connectivity index (χ3v) is 4.24. The zero-order valence-corrected chi connectivity index (χ0v) is 17.2. The Morgan fingerprint density at radius 3 is 1.35 bits per heavy atom. The second-order valence-electron chi connectivity index (χ2n) is 6.81. The summed E-state index contributed by atoms with van der Waals surface area (Å²) in [6.07, 6.45) is -0.301. The molecule has 1 fully saturated rings. The van der Waals surface area contributed by atoms with E-state index in [9.17, 15) is 44.4 Å². The summed E-state index contributed by atoms with van der Waals surface area (Å²) in [6.45, 7) is -2.45. The first kappa shape index (κ1) is 23.9. The van der Waals surface area contributed by atoms with Gasteiger partial charge >= 0.3 is 17.9 Å².